The highest BCUT2D eigenvalue weighted by Crippen LogP contribution is 2.34. The lowest BCUT2D eigenvalue weighted by atomic mass is 9.98. The van der Waals surface area contributed by atoms with Gasteiger partial charge >= 0.3 is 18.0 Å². The first kappa shape index (κ1) is 39.8. The normalized spacial score (nSPS) is 14.5. The Morgan fingerprint density at radius 3 is 2.13 bits per heavy atom. The van der Waals surface area contributed by atoms with E-state index in [1.807, 2.05) is 6.07 Å². The third kappa shape index (κ3) is 8.51. The molecule has 11 nitrogen and oxygen atoms in total. The molecule has 0 bridgehead atoms. The van der Waals surface area contributed by atoms with Gasteiger partial charge in [-0.15, -0.1) is 0 Å². The minimum atomic E-state index is -4.94. The molecule has 3 aromatic carbocycles. The van der Waals surface area contributed by atoms with Gasteiger partial charge in [-0.25, -0.2) is 14.0 Å². The predicted molar refractivity (Wildman–Crippen MR) is 196 cm³/mol. The summed E-state index contributed by atoms with van der Waals surface area (Å²) in [6, 6.07) is 17.1. The lowest BCUT2D eigenvalue weighted by molar-refractivity contribution is -0.138. The van der Waals surface area contributed by atoms with Gasteiger partial charge in [-0.1, -0.05) is 48.5 Å². The van der Waals surface area contributed by atoms with Gasteiger partial charge in [-0.05, 0) is 63.1 Å². The van der Waals surface area contributed by atoms with E-state index in [0.717, 1.165) is 37.8 Å². The van der Waals surface area contributed by atoms with E-state index >= 15 is 4.39 Å². The first-order valence-corrected chi connectivity index (χ1v) is 17.5. The first-order chi connectivity index (χ1) is 25.4. The highest BCUT2D eigenvalue weighted by Gasteiger charge is 2.37. The number of carbonyl (C=O) groups excluding carboxylic acids is 1. The molecule has 15 heteroatoms. The summed E-state index contributed by atoms with van der Waals surface area (Å²) in [5.41, 5.74) is -2.79. The van der Waals surface area contributed by atoms with Crippen LogP contribution in [0.3, 0.4) is 0 Å². The molecule has 0 aliphatic carbocycles. The largest absolute Gasteiger partial charge is 0.465 e. The number of rotatable bonds is 10. The fraction of sp³-hybridized carbons (Fsp3) is 0.385. The molecule has 1 aromatic heterocycles. The Morgan fingerprint density at radius 1 is 0.889 bits per heavy atom. The van der Waals surface area contributed by atoms with Crippen molar-refractivity contribution in [2.24, 2.45) is 0 Å². The number of nitrogens with one attached hydrogen (secondary N) is 1. The maximum absolute atomic E-state index is 15.2. The van der Waals surface area contributed by atoms with Crippen molar-refractivity contribution in [3.63, 3.8) is 0 Å². The Hall–Kier alpha value is -5.44. The molecule has 0 radical (unpaired) electrons. The van der Waals surface area contributed by atoms with Crippen molar-refractivity contribution >= 4 is 17.7 Å². The summed E-state index contributed by atoms with van der Waals surface area (Å²) in [6.07, 6.45) is -6.24. The first-order valence-electron chi connectivity index (χ1n) is 17.5. The summed E-state index contributed by atoms with van der Waals surface area (Å²) < 4.78 is 59.5. The van der Waals surface area contributed by atoms with Crippen LogP contribution < -0.4 is 21.5 Å². The molecule has 4 aromatic rings. The Balaban J connectivity index is 1.61. The van der Waals surface area contributed by atoms with Gasteiger partial charge in [0, 0.05) is 62.1 Å². The van der Waals surface area contributed by atoms with Crippen molar-refractivity contribution in [1.29, 1.82) is 0 Å². The van der Waals surface area contributed by atoms with Crippen LogP contribution in [-0.2, 0) is 25.8 Å². The van der Waals surface area contributed by atoms with Crippen molar-refractivity contribution in [1.82, 2.24) is 24.3 Å². The second-order valence-corrected chi connectivity index (χ2v) is 14.3. The number of aromatic nitrogens is 2. The van der Waals surface area contributed by atoms with Gasteiger partial charge in [-0.3, -0.25) is 28.5 Å². The van der Waals surface area contributed by atoms with E-state index in [4.69, 9.17) is 0 Å². The zero-order chi connectivity index (χ0) is 39.5. The molecule has 1 atom stereocenters. The molecule has 2 heterocycles. The molecule has 0 spiro atoms. The molecule has 1 fully saturated rings. The van der Waals surface area contributed by atoms with Crippen molar-refractivity contribution in [2.75, 3.05) is 38.1 Å². The number of carbonyl (C=O) groups is 2. The zero-order valence-corrected chi connectivity index (χ0v) is 30.8. The van der Waals surface area contributed by atoms with Crippen molar-refractivity contribution in [3.05, 3.63) is 133 Å². The second-order valence-electron chi connectivity index (χ2n) is 14.3. The summed E-state index contributed by atoms with van der Waals surface area (Å²) in [5.74, 6) is -1.39. The van der Waals surface area contributed by atoms with Gasteiger partial charge in [0.05, 0.1) is 24.7 Å². The van der Waals surface area contributed by atoms with Gasteiger partial charge in [0.15, 0.2) is 0 Å². The lowest BCUT2D eigenvalue weighted by Crippen LogP contribution is -2.53. The van der Waals surface area contributed by atoms with E-state index in [0.29, 0.717) is 43.9 Å². The van der Waals surface area contributed by atoms with Crippen LogP contribution in [0.1, 0.15) is 65.1 Å². The van der Waals surface area contributed by atoms with Gasteiger partial charge in [0.1, 0.15) is 11.5 Å². The fourth-order valence-corrected chi connectivity index (χ4v) is 7.06. The van der Waals surface area contributed by atoms with E-state index < -0.39 is 65.1 Å². The van der Waals surface area contributed by atoms with Crippen LogP contribution >= 0.6 is 0 Å². The van der Waals surface area contributed by atoms with Gasteiger partial charge in [0.2, 0.25) is 0 Å². The second kappa shape index (κ2) is 15.9. The molecule has 288 valence electrons. The van der Waals surface area contributed by atoms with E-state index in [2.05, 4.69) is 10.2 Å². The van der Waals surface area contributed by atoms with E-state index in [1.54, 1.807) is 81.2 Å². The highest BCUT2D eigenvalue weighted by atomic mass is 19.4. The lowest BCUT2D eigenvalue weighted by Gasteiger charge is -2.40. The standard InChI is InChI=1S/C39H44F4N6O5/c1-25-33(46-19-17-45(18-20-46)22-26-11-9-14-28(21-26)34(50)44-5)35(51)48(24-32(27-12-7-6-8-13-27)49(37(53)54)38(2,3)4)36(52)47(25)23-29-30(39(41,42)43)15-10-16-31(29)40/h6-16,21,32H,17-20,22-24H2,1-5H3,(H,44,50)(H,53,54). The number of benzene rings is 3. The number of alkyl halides is 3. The number of nitrogens with zero attached hydrogens (tertiary/aromatic N) is 5. The fourth-order valence-electron chi connectivity index (χ4n) is 7.06. The molecule has 54 heavy (non-hydrogen) atoms. The number of carboxylic acid groups (broad SMARTS) is 1. The molecule has 5 rings (SSSR count). The van der Waals surface area contributed by atoms with Crippen LogP contribution in [0.15, 0.2) is 82.4 Å². The molecule has 0 saturated carbocycles. The number of hydrogen-bond acceptors (Lipinski definition) is 6. The highest BCUT2D eigenvalue weighted by molar-refractivity contribution is 5.94. The van der Waals surface area contributed by atoms with Gasteiger partial charge in [-0.2, -0.15) is 13.2 Å². The van der Waals surface area contributed by atoms with Crippen LogP contribution in [-0.4, -0.2) is 74.8 Å². The Kier molecular flexibility index (Phi) is 11.7. The molecule has 2 amide bonds. The average molecular weight is 753 g/mol. The third-order valence-corrected chi connectivity index (χ3v) is 9.69. The van der Waals surface area contributed by atoms with Crippen LogP contribution in [0, 0.1) is 12.7 Å². The summed E-state index contributed by atoms with van der Waals surface area (Å²) in [6.45, 7) is 7.16. The number of halogens is 4. The predicted octanol–water partition coefficient (Wildman–Crippen LogP) is 5.73. The van der Waals surface area contributed by atoms with Crippen molar-refractivity contribution < 1.29 is 32.3 Å². The van der Waals surface area contributed by atoms with Gasteiger partial charge in [0.25, 0.3) is 11.5 Å². The molecule has 1 saturated heterocycles. The Labute approximate surface area is 310 Å². The zero-order valence-electron chi connectivity index (χ0n) is 30.8. The van der Waals surface area contributed by atoms with Gasteiger partial charge < -0.3 is 15.3 Å². The van der Waals surface area contributed by atoms with E-state index in [9.17, 15) is 37.5 Å². The molecular weight excluding hydrogens is 708 g/mol. The van der Waals surface area contributed by atoms with Crippen LogP contribution in [0.2, 0.25) is 0 Å². The van der Waals surface area contributed by atoms with Crippen LogP contribution in [0.25, 0.3) is 0 Å². The summed E-state index contributed by atoms with van der Waals surface area (Å²) in [7, 11) is 1.55. The van der Waals surface area contributed by atoms with Crippen LogP contribution in [0.4, 0.5) is 28.0 Å². The number of hydrogen-bond donors (Lipinski definition) is 2. The molecular formula is C39H44F4N6O5. The monoisotopic (exact) mass is 752 g/mol. The topological polar surface area (TPSA) is 120 Å². The number of piperazine rings is 1. The summed E-state index contributed by atoms with van der Waals surface area (Å²) in [5, 5.41) is 13.0. The quantitative estimate of drug-likeness (QED) is 0.199. The molecule has 1 aliphatic rings. The summed E-state index contributed by atoms with van der Waals surface area (Å²) in [4.78, 5) is 58.9. The minimum Gasteiger partial charge on any atom is -0.465 e. The SMILES string of the molecule is CNC(=O)c1cccc(CN2CCN(c3c(C)n(Cc4c(F)cccc4C(F)(F)F)c(=O)n(CC(c4ccccc4)N(C(=O)O)C(C)(C)C)c3=O)CC2)c1. The maximum Gasteiger partial charge on any atom is 0.416 e. The Morgan fingerprint density at radius 2 is 1.54 bits per heavy atom. The minimum absolute atomic E-state index is 0.0465. The molecule has 1 aliphatic heterocycles. The smallest absolute Gasteiger partial charge is 0.416 e. The third-order valence-electron chi connectivity index (χ3n) is 9.69. The molecule has 2 N–H and O–H groups in total. The van der Waals surface area contributed by atoms with E-state index in [1.165, 1.54) is 6.92 Å². The van der Waals surface area contributed by atoms with Crippen LogP contribution in [0.5, 0.6) is 0 Å². The van der Waals surface area contributed by atoms with Crippen molar-refractivity contribution in [3.8, 4) is 0 Å². The van der Waals surface area contributed by atoms with Crippen molar-refractivity contribution in [2.45, 2.75) is 65.1 Å². The average Bonchev–Trinajstić information content (AvgIpc) is 3.11. The summed E-state index contributed by atoms with van der Waals surface area (Å²) >= 11 is 0. The number of anilines is 1. The Bertz CT molecular complexity index is 2120. The maximum atomic E-state index is 15.2. The van der Waals surface area contributed by atoms with E-state index in [-0.39, 0.29) is 17.3 Å². The number of amides is 2. The molecule has 1 unspecified atom stereocenters.